The second kappa shape index (κ2) is 4.30. The fourth-order valence-corrected chi connectivity index (χ4v) is 2.32. The lowest BCUT2D eigenvalue weighted by Crippen LogP contribution is -2.04. The molecule has 2 nitrogen and oxygen atoms in total. The standard InChI is InChI=1S/C16H14O2/c1-11(12-4-2-3-5-12)16(17)14-6-7-15-13(10-14)8-9-18-15/h2-4,6-7,10H,1,5,8-9H2. The van der Waals surface area contributed by atoms with E-state index in [-0.39, 0.29) is 5.78 Å². The van der Waals surface area contributed by atoms with Crippen LogP contribution in [-0.2, 0) is 6.42 Å². The summed E-state index contributed by atoms with van der Waals surface area (Å²) in [5.41, 5.74) is 3.43. The Bertz CT molecular complexity index is 591. The van der Waals surface area contributed by atoms with Crippen molar-refractivity contribution in [3.05, 3.63) is 65.3 Å². The Kier molecular flexibility index (Phi) is 2.63. The van der Waals surface area contributed by atoms with Gasteiger partial charge in [-0.05, 0) is 35.8 Å². The van der Waals surface area contributed by atoms with Gasteiger partial charge in [0.15, 0.2) is 5.78 Å². The number of Topliss-reactive ketones (excluding diaryl/α,β-unsaturated/α-hetero) is 1. The molecule has 0 amide bonds. The molecule has 0 unspecified atom stereocenters. The molecule has 0 N–H and O–H groups in total. The zero-order chi connectivity index (χ0) is 12.5. The van der Waals surface area contributed by atoms with E-state index in [0.29, 0.717) is 17.7 Å². The van der Waals surface area contributed by atoms with Crippen LogP contribution in [0.4, 0.5) is 0 Å². The molecule has 0 atom stereocenters. The molecule has 3 rings (SSSR count). The second-order valence-electron chi connectivity index (χ2n) is 4.55. The summed E-state index contributed by atoms with van der Waals surface area (Å²) in [5.74, 6) is 0.915. The lowest BCUT2D eigenvalue weighted by Gasteiger charge is -2.07. The summed E-state index contributed by atoms with van der Waals surface area (Å²) in [5, 5.41) is 0. The lowest BCUT2D eigenvalue weighted by molar-refractivity contribution is 0.103. The predicted molar refractivity (Wildman–Crippen MR) is 71.0 cm³/mol. The maximum absolute atomic E-state index is 12.3. The van der Waals surface area contributed by atoms with E-state index in [2.05, 4.69) is 6.58 Å². The molecule has 0 saturated carbocycles. The van der Waals surface area contributed by atoms with Crippen LogP contribution in [0.5, 0.6) is 5.75 Å². The van der Waals surface area contributed by atoms with Crippen molar-refractivity contribution < 1.29 is 9.53 Å². The minimum atomic E-state index is 0.0136. The third-order valence-corrected chi connectivity index (χ3v) is 3.38. The Balaban J connectivity index is 1.86. The Morgan fingerprint density at radius 2 is 2.22 bits per heavy atom. The zero-order valence-electron chi connectivity index (χ0n) is 10.1. The number of ketones is 1. The van der Waals surface area contributed by atoms with Crippen LogP contribution >= 0.6 is 0 Å². The van der Waals surface area contributed by atoms with Crippen molar-refractivity contribution in [3.8, 4) is 5.75 Å². The molecule has 2 heteroatoms. The van der Waals surface area contributed by atoms with Gasteiger partial charge in [-0.2, -0.15) is 0 Å². The summed E-state index contributed by atoms with van der Waals surface area (Å²) in [7, 11) is 0. The van der Waals surface area contributed by atoms with Gasteiger partial charge in [-0.25, -0.2) is 0 Å². The van der Waals surface area contributed by atoms with Gasteiger partial charge >= 0.3 is 0 Å². The molecular formula is C16H14O2. The molecule has 0 spiro atoms. The van der Waals surface area contributed by atoms with Crippen molar-refractivity contribution in [1.82, 2.24) is 0 Å². The highest BCUT2D eigenvalue weighted by Gasteiger charge is 2.18. The average molecular weight is 238 g/mol. The van der Waals surface area contributed by atoms with Crippen LogP contribution in [0.3, 0.4) is 0 Å². The number of fused-ring (bicyclic) bond motifs is 1. The molecular weight excluding hydrogens is 224 g/mol. The Morgan fingerprint density at radius 1 is 1.33 bits per heavy atom. The highest BCUT2D eigenvalue weighted by Crippen LogP contribution is 2.28. The monoisotopic (exact) mass is 238 g/mol. The van der Waals surface area contributed by atoms with Crippen molar-refractivity contribution in [1.29, 1.82) is 0 Å². The van der Waals surface area contributed by atoms with Crippen molar-refractivity contribution in [3.63, 3.8) is 0 Å². The number of rotatable bonds is 3. The molecule has 0 aromatic heterocycles. The highest BCUT2D eigenvalue weighted by atomic mass is 16.5. The normalized spacial score (nSPS) is 16.1. The Labute approximate surface area is 106 Å². The van der Waals surface area contributed by atoms with E-state index in [1.807, 2.05) is 36.4 Å². The summed E-state index contributed by atoms with van der Waals surface area (Å²) in [6.07, 6.45) is 7.64. The first-order valence-corrected chi connectivity index (χ1v) is 6.11. The smallest absolute Gasteiger partial charge is 0.192 e. The number of benzene rings is 1. The molecule has 0 bridgehead atoms. The maximum atomic E-state index is 12.3. The zero-order valence-corrected chi connectivity index (χ0v) is 10.1. The Hall–Kier alpha value is -2.09. The first kappa shape index (κ1) is 11.0. The minimum Gasteiger partial charge on any atom is -0.493 e. The topological polar surface area (TPSA) is 26.3 Å². The molecule has 1 aliphatic heterocycles. The number of carbonyl (C=O) groups excluding carboxylic acids is 1. The quantitative estimate of drug-likeness (QED) is 0.597. The number of ether oxygens (including phenoxy) is 1. The number of hydrogen-bond donors (Lipinski definition) is 0. The van der Waals surface area contributed by atoms with Crippen LogP contribution in [0.25, 0.3) is 0 Å². The summed E-state index contributed by atoms with van der Waals surface area (Å²) in [4.78, 5) is 12.3. The molecule has 0 saturated heterocycles. The van der Waals surface area contributed by atoms with Crippen LogP contribution in [0.2, 0.25) is 0 Å². The van der Waals surface area contributed by atoms with Gasteiger partial charge in [0.25, 0.3) is 0 Å². The summed E-state index contributed by atoms with van der Waals surface area (Å²) in [6, 6.07) is 5.63. The number of carbonyl (C=O) groups is 1. The molecule has 0 fully saturated rings. The SMILES string of the molecule is C=C(C(=O)c1ccc2c(c1)CCO2)C1=CC=CC1. The van der Waals surface area contributed by atoms with E-state index in [1.165, 1.54) is 0 Å². The molecule has 1 aromatic rings. The number of allylic oxidation sites excluding steroid dienone is 5. The average Bonchev–Trinajstić information content (AvgIpc) is 3.06. The van der Waals surface area contributed by atoms with Crippen LogP contribution in [0, 0.1) is 0 Å². The van der Waals surface area contributed by atoms with E-state index in [1.54, 1.807) is 0 Å². The van der Waals surface area contributed by atoms with E-state index >= 15 is 0 Å². The van der Waals surface area contributed by atoms with Crippen LogP contribution in [0.1, 0.15) is 22.3 Å². The van der Waals surface area contributed by atoms with Crippen molar-refractivity contribution in [2.45, 2.75) is 12.8 Å². The molecule has 2 aliphatic rings. The molecule has 0 radical (unpaired) electrons. The first-order valence-electron chi connectivity index (χ1n) is 6.11. The van der Waals surface area contributed by atoms with Gasteiger partial charge in [-0.15, -0.1) is 0 Å². The van der Waals surface area contributed by atoms with E-state index < -0.39 is 0 Å². The van der Waals surface area contributed by atoms with Gasteiger partial charge in [0.2, 0.25) is 0 Å². The van der Waals surface area contributed by atoms with Gasteiger partial charge in [-0.3, -0.25) is 4.79 Å². The van der Waals surface area contributed by atoms with Crippen LogP contribution < -0.4 is 4.74 Å². The fraction of sp³-hybridized carbons (Fsp3) is 0.188. The predicted octanol–water partition coefficient (Wildman–Crippen LogP) is 3.25. The Morgan fingerprint density at radius 3 is 3.00 bits per heavy atom. The lowest BCUT2D eigenvalue weighted by atomic mass is 9.96. The minimum absolute atomic E-state index is 0.0136. The third-order valence-electron chi connectivity index (χ3n) is 3.38. The second-order valence-corrected chi connectivity index (χ2v) is 4.55. The van der Waals surface area contributed by atoms with Gasteiger partial charge in [-0.1, -0.05) is 24.8 Å². The summed E-state index contributed by atoms with van der Waals surface area (Å²) < 4.78 is 5.44. The van der Waals surface area contributed by atoms with Crippen LogP contribution in [-0.4, -0.2) is 12.4 Å². The molecule has 90 valence electrons. The van der Waals surface area contributed by atoms with E-state index in [9.17, 15) is 4.79 Å². The molecule has 18 heavy (non-hydrogen) atoms. The number of hydrogen-bond acceptors (Lipinski definition) is 2. The van der Waals surface area contributed by atoms with Crippen molar-refractivity contribution in [2.75, 3.05) is 6.61 Å². The third kappa shape index (κ3) is 1.80. The molecule has 1 aliphatic carbocycles. The van der Waals surface area contributed by atoms with E-state index in [0.717, 1.165) is 29.7 Å². The summed E-state index contributed by atoms with van der Waals surface area (Å²) >= 11 is 0. The van der Waals surface area contributed by atoms with Gasteiger partial charge in [0.1, 0.15) is 5.75 Å². The molecule has 1 aromatic carbocycles. The first-order chi connectivity index (χ1) is 8.75. The van der Waals surface area contributed by atoms with Gasteiger partial charge in [0, 0.05) is 17.6 Å². The fourth-order valence-electron chi connectivity index (χ4n) is 2.32. The van der Waals surface area contributed by atoms with Crippen LogP contribution in [0.15, 0.2) is 54.2 Å². The summed E-state index contributed by atoms with van der Waals surface area (Å²) in [6.45, 7) is 4.63. The van der Waals surface area contributed by atoms with E-state index in [4.69, 9.17) is 4.74 Å². The largest absolute Gasteiger partial charge is 0.493 e. The van der Waals surface area contributed by atoms with Gasteiger partial charge in [0.05, 0.1) is 6.61 Å². The maximum Gasteiger partial charge on any atom is 0.192 e. The highest BCUT2D eigenvalue weighted by molar-refractivity contribution is 6.11. The van der Waals surface area contributed by atoms with Gasteiger partial charge < -0.3 is 4.74 Å². The van der Waals surface area contributed by atoms with Crippen molar-refractivity contribution >= 4 is 5.78 Å². The molecule has 1 heterocycles. The van der Waals surface area contributed by atoms with Crippen molar-refractivity contribution in [2.24, 2.45) is 0 Å².